The summed E-state index contributed by atoms with van der Waals surface area (Å²) < 4.78 is 30.4. The van der Waals surface area contributed by atoms with Crippen molar-refractivity contribution in [3.8, 4) is 22.6 Å². The van der Waals surface area contributed by atoms with Crippen LogP contribution < -0.4 is 10.2 Å². The molecule has 11 nitrogen and oxygen atoms in total. The minimum absolute atomic E-state index is 0.0242. The molecule has 0 amide bonds. The minimum atomic E-state index is -1.13. The van der Waals surface area contributed by atoms with Gasteiger partial charge in [-0.1, -0.05) is 0 Å². The molecule has 0 unspecified atom stereocenters. The number of benzene rings is 1. The maximum absolute atomic E-state index is 13.6. The molecule has 2 saturated heterocycles. The fourth-order valence-electron chi connectivity index (χ4n) is 3.80. The molecule has 3 aromatic rings. The number of morpholine rings is 1. The summed E-state index contributed by atoms with van der Waals surface area (Å²) in [5, 5.41) is 12.2. The van der Waals surface area contributed by atoms with E-state index in [4.69, 9.17) is 19.2 Å². The number of anilines is 1. The predicted molar refractivity (Wildman–Crippen MR) is 133 cm³/mol. The molecule has 2 fully saturated rings. The van der Waals surface area contributed by atoms with E-state index in [0.29, 0.717) is 60.7 Å². The number of carbonyl (C=O) groups is 1. The second-order valence-electron chi connectivity index (χ2n) is 9.01. The molecule has 198 valence electrons. The lowest BCUT2D eigenvalue weighted by Crippen LogP contribution is -2.42. The lowest BCUT2D eigenvalue weighted by atomic mass is 9.92. The van der Waals surface area contributed by atoms with Gasteiger partial charge in [0.2, 0.25) is 12.2 Å². The van der Waals surface area contributed by atoms with Crippen LogP contribution in [-0.2, 0) is 19.0 Å². The van der Waals surface area contributed by atoms with Crippen LogP contribution in [0.25, 0.3) is 22.6 Å². The van der Waals surface area contributed by atoms with Crippen molar-refractivity contribution in [3.05, 3.63) is 48.2 Å². The smallest absolute Gasteiger partial charge is 0.314 e. The quantitative estimate of drug-likeness (QED) is 0.466. The van der Waals surface area contributed by atoms with Crippen molar-refractivity contribution in [2.24, 2.45) is 5.41 Å². The molecule has 2 aliphatic heterocycles. The Bertz CT molecular complexity index is 1190. The Labute approximate surface area is 214 Å². The SMILES string of the molecule is CC1(C(=O)O)COC(c2nc(-c3ccc(F)cc3)c(-c3ccnc(N4CCOCC4)n3)[nH]2)OC1.CNC. The third kappa shape index (κ3) is 6.10. The summed E-state index contributed by atoms with van der Waals surface area (Å²) >= 11 is 0. The molecule has 5 rings (SSSR count). The molecule has 37 heavy (non-hydrogen) atoms. The summed E-state index contributed by atoms with van der Waals surface area (Å²) in [6.07, 6.45) is 0.800. The summed E-state index contributed by atoms with van der Waals surface area (Å²) in [6, 6.07) is 7.75. The van der Waals surface area contributed by atoms with Gasteiger partial charge in [-0.3, -0.25) is 4.79 Å². The predicted octanol–water partition coefficient (Wildman–Crippen LogP) is 2.48. The molecule has 2 aromatic heterocycles. The molecule has 1 aromatic carbocycles. The van der Waals surface area contributed by atoms with Crippen molar-refractivity contribution in [1.29, 1.82) is 0 Å². The molecule has 4 heterocycles. The Hall–Kier alpha value is -3.45. The van der Waals surface area contributed by atoms with Crippen LogP contribution in [0, 0.1) is 11.2 Å². The average Bonchev–Trinajstić information content (AvgIpc) is 3.36. The monoisotopic (exact) mass is 514 g/mol. The van der Waals surface area contributed by atoms with E-state index in [1.54, 1.807) is 31.3 Å². The molecular formula is C25H31FN6O5. The average molecular weight is 515 g/mol. The van der Waals surface area contributed by atoms with Crippen molar-refractivity contribution in [1.82, 2.24) is 25.3 Å². The van der Waals surface area contributed by atoms with E-state index in [0.717, 1.165) is 0 Å². The molecule has 0 radical (unpaired) electrons. The molecule has 0 bridgehead atoms. The van der Waals surface area contributed by atoms with E-state index < -0.39 is 17.7 Å². The van der Waals surface area contributed by atoms with Gasteiger partial charge in [0.25, 0.3) is 0 Å². The Morgan fingerprint density at radius 1 is 1.14 bits per heavy atom. The van der Waals surface area contributed by atoms with Gasteiger partial charge in [0.1, 0.15) is 11.2 Å². The number of nitrogens with zero attached hydrogens (tertiary/aromatic N) is 4. The van der Waals surface area contributed by atoms with Gasteiger partial charge in [-0.25, -0.2) is 19.3 Å². The number of carboxylic acid groups (broad SMARTS) is 1. The van der Waals surface area contributed by atoms with Crippen molar-refractivity contribution < 1.29 is 28.5 Å². The first kappa shape index (κ1) is 26.6. The van der Waals surface area contributed by atoms with Crippen LogP contribution in [0.5, 0.6) is 0 Å². The number of hydrogen-bond acceptors (Lipinski definition) is 9. The zero-order valence-electron chi connectivity index (χ0n) is 21.0. The number of aromatic nitrogens is 4. The van der Waals surface area contributed by atoms with E-state index in [2.05, 4.69) is 20.3 Å². The van der Waals surface area contributed by atoms with Crippen LogP contribution in [0.3, 0.4) is 0 Å². The summed E-state index contributed by atoms with van der Waals surface area (Å²) in [4.78, 5) is 30.6. The number of imidazole rings is 1. The van der Waals surface area contributed by atoms with Gasteiger partial charge in [0.05, 0.1) is 43.5 Å². The fraction of sp³-hybridized carbons (Fsp3) is 0.440. The molecule has 0 spiro atoms. The Morgan fingerprint density at radius 2 is 1.78 bits per heavy atom. The number of hydrogen-bond donors (Lipinski definition) is 3. The number of aromatic amines is 1. The molecule has 0 aliphatic carbocycles. The van der Waals surface area contributed by atoms with Gasteiger partial charge in [-0.05, 0) is 51.4 Å². The largest absolute Gasteiger partial charge is 0.481 e. The molecule has 0 atom stereocenters. The maximum atomic E-state index is 13.6. The zero-order valence-corrected chi connectivity index (χ0v) is 21.0. The molecular weight excluding hydrogens is 483 g/mol. The molecule has 2 aliphatic rings. The third-order valence-corrected chi connectivity index (χ3v) is 5.88. The summed E-state index contributed by atoms with van der Waals surface area (Å²) in [6.45, 7) is 4.11. The maximum Gasteiger partial charge on any atom is 0.314 e. The first-order chi connectivity index (χ1) is 17.8. The molecule has 3 N–H and O–H groups in total. The second kappa shape index (κ2) is 11.7. The van der Waals surface area contributed by atoms with Gasteiger partial charge < -0.3 is 34.5 Å². The number of halogens is 1. The van der Waals surface area contributed by atoms with Crippen molar-refractivity contribution in [2.45, 2.75) is 13.2 Å². The molecule has 0 saturated carbocycles. The Morgan fingerprint density at radius 3 is 2.41 bits per heavy atom. The van der Waals surface area contributed by atoms with Crippen LogP contribution >= 0.6 is 0 Å². The van der Waals surface area contributed by atoms with Crippen LogP contribution in [-0.4, -0.2) is 84.6 Å². The topological polar surface area (TPSA) is 135 Å². The Balaban J connectivity index is 0.00000102. The fourth-order valence-corrected chi connectivity index (χ4v) is 3.80. The second-order valence-corrected chi connectivity index (χ2v) is 9.01. The zero-order chi connectivity index (χ0) is 26.4. The van der Waals surface area contributed by atoms with Gasteiger partial charge in [-0.2, -0.15) is 0 Å². The van der Waals surface area contributed by atoms with Crippen molar-refractivity contribution in [3.63, 3.8) is 0 Å². The van der Waals surface area contributed by atoms with Crippen LogP contribution in [0.2, 0.25) is 0 Å². The lowest BCUT2D eigenvalue weighted by molar-refractivity contribution is -0.236. The van der Waals surface area contributed by atoms with E-state index >= 15 is 0 Å². The van der Waals surface area contributed by atoms with Crippen LogP contribution in [0.1, 0.15) is 19.0 Å². The van der Waals surface area contributed by atoms with Crippen LogP contribution in [0.15, 0.2) is 36.5 Å². The third-order valence-electron chi connectivity index (χ3n) is 5.88. The standard InChI is InChI=1S/C23H24FN5O5.C2H7N/c1-23(21(30)31)12-33-20(34-13-23)19-27-17(14-2-4-15(24)5-3-14)18(28-19)16-6-7-25-22(26-16)29-8-10-32-11-9-29;1-3-2/h2-7,20H,8-13H2,1H3,(H,27,28)(H,30,31);3H,1-2H3. The summed E-state index contributed by atoms with van der Waals surface area (Å²) in [5.41, 5.74) is 1.28. The van der Waals surface area contributed by atoms with E-state index in [1.165, 1.54) is 12.1 Å². The van der Waals surface area contributed by atoms with E-state index in [-0.39, 0.29) is 19.0 Å². The number of rotatable bonds is 5. The van der Waals surface area contributed by atoms with E-state index in [9.17, 15) is 14.3 Å². The number of H-pyrrole nitrogens is 1. The number of nitrogens with one attached hydrogen (secondary N) is 2. The highest BCUT2D eigenvalue weighted by atomic mass is 19.1. The number of aliphatic carboxylic acids is 1. The Kier molecular flexibility index (Phi) is 8.44. The highest BCUT2D eigenvalue weighted by Gasteiger charge is 2.41. The van der Waals surface area contributed by atoms with Crippen molar-refractivity contribution >= 4 is 11.9 Å². The molecule has 12 heteroatoms. The normalized spacial score (nSPS) is 21.7. The van der Waals surface area contributed by atoms with Gasteiger partial charge in [0.15, 0.2) is 5.82 Å². The first-order valence-electron chi connectivity index (χ1n) is 11.9. The minimum Gasteiger partial charge on any atom is -0.481 e. The van der Waals surface area contributed by atoms with Gasteiger partial charge in [0, 0.05) is 24.8 Å². The lowest BCUT2D eigenvalue weighted by Gasteiger charge is -2.33. The van der Waals surface area contributed by atoms with Crippen molar-refractivity contribution in [2.75, 3.05) is 58.5 Å². The highest BCUT2D eigenvalue weighted by Crippen LogP contribution is 2.35. The van der Waals surface area contributed by atoms with E-state index in [1.807, 2.05) is 19.0 Å². The first-order valence-corrected chi connectivity index (χ1v) is 11.9. The highest BCUT2D eigenvalue weighted by molar-refractivity contribution is 5.77. The summed E-state index contributed by atoms with van der Waals surface area (Å²) in [5.74, 6) is -0.406. The van der Waals surface area contributed by atoms with Gasteiger partial charge >= 0.3 is 5.97 Å². The van der Waals surface area contributed by atoms with Crippen LogP contribution in [0.4, 0.5) is 10.3 Å². The number of carboxylic acids is 1. The summed E-state index contributed by atoms with van der Waals surface area (Å²) in [7, 11) is 3.75. The number of ether oxygens (including phenoxy) is 3. The van der Waals surface area contributed by atoms with Gasteiger partial charge in [-0.15, -0.1) is 0 Å².